The molecule has 0 radical (unpaired) electrons. The number of piperidine rings is 1. The number of benzene rings is 1. The van der Waals surface area contributed by atoms with Gasteiger partial charge in [-0.05, 0) is 31.9 Å². The van der Waals surface area contributed by atoms with Gasteiger partial charge in [0.05, 0.1) is 43.2 Å². The summed E-state index contributed by atoms with van der Waals surface area (Å²) in [6, 6.07) is 11.9. The fraction of sp³-hybridized carbons (Fsp3) is 0.483. The number of hydrogen-bond donors (Lipinski definition) is 0. The topological polar surface area (TPSA) is 91.6 Å². The number of anilines is 1. The van der Waals surface area contributed by atoms with E-state index in [1.165, 1.54) is 0 Å². The zero-order valence-corrected chi connectivity index (χ0v) is 22.3. The van der Waals surface area contributed by atoms with Crippen LogP contribution in [0.15, 0.2) is 36.4 Å². The highest BCUT2D eigenvalue weighted by Crippen LogP contribution is 2.38. The molecule has 5 rings (SSSR count). The largest absolute Gasteiger partial charge is 0.462 e. The van der Waals surface area contributed by atoms with E-state index in [2.05, 4.69) is 4.90 Å². The summed E-state index contributed by atoms with van der Waals surface area (Å²) in [5.41, 5.74) is 3.37. The summed E-state index contributed by atoms with van der Waals surface area (Å²) in [6.07, 6.45) is 2.78. The summed E-state index contributed by atoms with van der Waals surface area (Å²) in [5.74, 6) is -0.835. The average Bonchev–Trinajstić information content (AvgIpc) is 3.52. The molecule has 9 heteroatoms. The Morgan fingerprint density at radius 2 is 1.58 bits per heavy atom. The quantitative estimate of drug-likeness (QED) is 0.396. The van der Waals surface area contributed by atoms with E-state index in [4.69, 9.17) is 24.0 Å². The van der Waals surface area contributed by atoms with Crippen molar-refractivity contribution < 1.29 is 28.5 Å². The van der Waals surface area contributed by atoms with Crippen LogP contribution < -0.4 is 4.90 Å². The minimum absolute atomic E-state index is 0.188. The third kappa shape index (κ3) is 4.76. The molecule has 0 N–H and O–H groups in total. The van der Waals surface area contributed by atoms with Crippen molar-refractivity contribution in [2.75, 3.05) is 44.4 Å². The van der Waals surface area contributed by atoms with Gasteiger partial charge in [-0.25, -0.2) is 14.1 Å². The second kappa shape index (κ2) is 11.1. The van der Waals surface area contributed by atoms with Crippen molar-refractivity contribution in [1.29, 1.82) is 0 Å². The van der Waals surface area contributed by atoms with Crippen LogP contribution in [0.2, 0.25) is 0 Å². The lowest BCUT2D eigenvalue weighted by Gasteiger charge is -2.38. The molecule has 0 aliphatic carbocycles. The van der Waals surface area contributed by atoms with Gasteiger partial charge in [0.25, 0.3) is 0 Å². The van der Waals surface area contributed by atoms with E-state index in [1.807, 2.05) is 43.3 Å². The van der Waals surface area contributed by atoms with Gasteiger partial charge in [0.15, 0.2) is 5.79 Å². The zero-order valence-electron chi connectivity index (χ0n) is 22.3. The first-order valence-corrected chi connectivity index (χ1v) is 13.5. The Hall–Kier alpha value is -3.43. The first kappa shape index (κ1) is 26.2. The van der Waals surface area contributed by atoms with E-state index in [9.17, 15) is 9.59 Å². The third-order valence-corrected chi connectivity index (χ3v) is 7.17. The second-order valence-electron chi connectivity index (χ2n) is 9.52. The molecule has 9 nitrogen and oxygen atoms in total. The number of nitrogens with zero attached hydrogens (tertiary/aromatic N) is 3. The van der Waals surface area contributed by atoms with Crippen LogP contribution in [0.1, 0.15) is 66.4 Å². The molecule has 0 amide bonds. The van der Waals surface area contributed by atoms with Crippen LogP contribution in [0, 0.1) is 0 Å². The predicted octanol–water partition coefficient (Wildman–Crippen LogP) is 4.65. The number of carbonyl (C=O) groups excluding carboxylic acids is 2. The monoisotopic (exact) mass is 521 g/mol. The SMILES string of the molecule is CCCc1c(C(=O)OCC)c(C(=O)OCC)c2c(-c3ccccc3)cc(N3CCC4(CC3)OCCO4)nn12. The minimum Gasteiger partial charge on any atom is -0.462 e. The Morgan fingerprint density at radius 3 is 2.18 bits per heavy atom. The Kier molecular flexibility index (Phi) is 7.67. The smallest absolute Gasteiger partial charge is 0.341 e. The fourth-order valence-electron chi connectivity index (χ4n) is 5.44. The Balaban J connectivity index is 1.74. The van der Waals surface area contributed by atoms with Crippen molar-refractivity contribution in [3.05, 3.63) is 53.2 Å². The van der Waals surface area contributed by atoms with E-state index in [-0.39, 0.29) is 24.3 Å². The molecular formula is C29H35N3O6. The summed E-state index contributed by atoms with van der Waals surface area (Å²) in [7, 11) is 0. The molecule has 202 valence electrons. The number of hydrogen-bond acceptors (Lipinski definition) is 8. The normalized spacial score (nSPS) is 16.8. The van der Waals surface area contributed by atoms with Gasteiger partial charge >= 0.3 is 11.9 Å². The summed E-state index contributed by atoms with van der Waals surface area (Å²) < 4.78 is 24.5. The number of aromatic nitrogens is 2. The standard InChI is InChI=1S/C29H35N3O6/c1-4-10-22-24(27(33)35-5-2)25(28(34)36-6-3)26-21(20-11-8-7-9-12-20)19-23(30-32(22)26)31-15-13-29(14-16-31)37-17-18-38-29/h7-9,11-12,19H,4-6,10,13-18H2,1-3H3. The maximum absolute atomic E-state index is 13.4. The summed E-state index contributed by atoms with van der Waals surface area (Å²) >= 11 is 0. The van der Waals surface area contributed by atoms with E-state index in [0.29, 0.717) is 43.9 Å². The van der Waals surface area contributed by atoms with Gasteiger partial charge in [-0.15, -0.1) is 5.10 Å². The van der Waals surface area contributed by atoms with Crippen LogP contribution in [0.25, 0.3) is 16.6 Å². The lowest BCUT2D eigenvalue weighted by atomic mass is 10.0. The molecular weight excluding hydrogens is 486 g/mol. The molecule has 1 spiro atoms. The molecule has 0 saturated carbocycles. The van der Waals surface area contributed by atoms with Crippen LogP contribution in [-0.4, -0.2) is 66.9 Å². The van der Waals surface area contributed by atoms with Crippen molar-refractivity contribution in [3.8, 4) is 11.1 Å². The predicted molar refractivity (Wildman–Crippen MR) is 143 cm³/mol. The summed E-state index contributed by atoms with van der Waals surface area (Å²) in [4.78, 5) is 28.9. The highest BCUT2D eigenvalue weighted by atomic mass is 16.7. The highest BCUT2D eigenvalue weighted by Gasteiger charge is 2.40. The van der Waals surface area contributed by atoms with Gasteiger partial charge in [-0.3, -0.25) is 0 Å². The van der Waals surface area contributed by atoms with E-state index >= 15 is 0 Å². The average molecular weight is 522 g/mol. The Bertz CT molecular complexity index is 1300. The molecule has 0 bridgehead atoms. The van der Waals surface area contributed by atoms with Gasteiger partial charge in [0.2, 0.25) is 0 Å². The maximum Gasteiger partial charge on any atom is 0.341 e. The van der Waals surface area contributed by atoms with E-state index < -0.39 is 17.7 Å². The van der Waals surface area contributed by atoms with Crippen LogP contribution in [0.4, 0.5) is 5.82 Å². The van der Waals surface area contributed by atoms with Gasteiger partial charge in [-0.2, -0.15) is 0 Å². The van der Waals surface area contributed by atoms with Crippen molar-refractivity contribution in [2.24, 2.45) is 0 Å². The molecule has 4 heterocycles. The van der Waals surface area contributed by atoms with Crippen LogP contribution >= 0.6 is 0 Å². The van der Waals surface area contributed by atoms with E-state index in [0.717, 1.165) is 36.2 Å². The molecule has 2 fully saturated rings. The van der Waals surface area contributed by atoms with Crippen molar-refractivity contribution in [1.82, 2.24) is 9.61 Å². The first-order chi connectivity index (χ1) is 18.5. The minimum atomic E-state index is -0.558. The number of esters is 2. The second-order valence-corrected chi connectivity index (χ2v) is 9.52. The van der Waals surface area contributed by atoms with E-state index in [1.54, 1.807) is 18.4 Å². The van der Waals surface area contributed by atoms with Gasteiger partial charge in [0.1, 0.15) is 11.4 Å². The molecule has 2 aromatic heterocycles. The third-order valence-electron chi connectivity index (χ3n) is 7.17. The molecule has 1 aromatic carbocycles. The lowest BCUT2D eigenvalue weighted by molar-refractivity contribution is -0.169. The van der Waals surface area contributed by atoms with Crippen LogP contribution in [0.5, 0.6) is 0 Å². The molecule has 0 unspecified atom stereocenters. The van der Waals surface area contributed by atoms with Crippen molar-refractivity contribution >= 4 is 23.3 Å². The molecule has 38 heavy (non-hydrogen) atoms. The van der Waals surface area contributed by atoms with Crippen LogP contribution in [0.3, 0.4) is 0 Å². The molecule has 3 aromatic rings. The number of carbonyl (C=O) groups is 2. The highest BCUT2D eigenvalue weighted by molar-refractivity contribution is 6.12. The molecule has 2 aliphatic rings. The number of rotatable bonds is 8. The number of fused-ring (bicyclic) bond motifs is 1. The molecule has 2 saturated heterocycles. The summed E-state index contributed by atoms with van der Waals surface area (Å²) in [5, 5.41) is 5.03. The summed E-state index contributed by atoms with van der Waals surface area (Å²) in [6.45, 7) is 8.60. The Labute approximate surface area is 222 Å². The zero-order chi connectivity index (χ0) is 26.7. The van der Waals surface area contributed by atoms with Gasteiger partial charge in [-0.1, -0.05) is 43.7 Å². The molecule has 0 atom stereocenters. The Morgan fingerprint density at radius 1 is 0.947 bits per heavy atom. The first-order valence-electron chi connectivity index (χ1n) is 13.5. The maximum atomic E-state index is 13.4. The molecule has 2 aliphatic heterocycles. The van der Waals surface area contributed by atoms with Crippen molar-refractivity contribution in [3.63, 3.8) is 0 Å². The van der Waals surface area contributed by atoms with Gasteiger partial charge in [0, 0.05) is 31.5 Å². The van der Waals surface area contributed by atoms with Crippen molar-refractivity contribution in [2.45, 2.75) is 52.2 Å². The lowest BCUT2D eigenvalue weighted by Crippen LogP contribution is -2.45. The van der Waals surface area contributed by atoms with Gasteiger partial charge < -0.3 is 23.8 Å². The number of ether oxygens (including phenoxy) is 4. The fourth-order valence-corrected chi connectivity index (χ4v) is 5.44. The van der Waals surface area contributed by atoms with Crippen LogP contribution in [-0.2, 0) is 25.4 Å². The number of aryl methyl sites for hydroxylation is 1.